The van der Waals surface area contributed by atoms with Gasteiger partial charge in [0.2, 0.25) is 0 Å². The Hall–Kier alpha value is -1.64. The number of allylic oxidation sites excluding steroid dienone is 1. The lowest BCUT2D eigenvalue weighted by Crippen LogP contribution is -1.93. The molecule has 0 amide bonds. The molecule has 3 heteroatoms. The van der Waals surface area contributed by atoms with Crippen molar-refractivity contribution in [2.45, 2.75) is 0 Å². The third kappa shape index (κ3) is 1.09. The molecule has 1 N–H and O–H groups in total. The molecule has 60 valence electrons. The van der Waals surface area contributed by atoms with Gasteiger partial charge in [0.05, 0.1) is 5.69 Å². The second-order valence-corrected chi connectivity index (χ2v) is 2.45. The number of fused-ring (bicyclic) bond motifs is 1. The van der Waals surface area contributed by atoms with E-state index in [1.165, 1.54) is 6.07 Å². The lowest BCUT2D eigenvalue weighted by molar-refractivity contribution is 0.630. The first-order valence-electron chi connectivity index (χ1n) is 3.62. The second kappa shape index (κ2) is 2.77. The minimum Gasteiger partial charge on any atom is -0.275 e. The molecule has 0 radical (unpaired) electrons. The van der Waals surface area contributed by atoms with Crippen LogP contribution in [0, 0.1) is 5.82 Å². The van der Waals surface area contributed by atoms with E-state index < -0.39 is 0 Å². The maximum absolute atomic E-state index is 13.1. The molecule has 1 aromatic carbocycles. The Labute approximate surface area is 69.4 Å². The Morgan fingerprint density at radius 1 is 1.33 bits per heavy atom. The van der Waals surface area contributed by atoms with Crippen molar-refractivity contribution in [3.05, 3.63) is 35.7 Å². The second-order valence-electron chi connectivity index (χ2n) is 2.45. The minimum absolute atomic E-state index is 0.281. The van der Waals surface area contributed by atoms with Gasteiger partial charge in [0.1, 0.15) is 5.82 Å². The molecular weight excluding hydrogens is 155 g/mol. The van der Waals surface area contributed by atoms with Crippen LogP contribution in [0.5, 0.6) is 0 Å². The number of anilines is 1. The fourth-order valence-corrected chi connectivity index (χ4v) is 1.09. The zero-order valence-corrected chi connectivity index (χ0v) is 6.29. The summed E-state index contributed by atoms with van der Waals surface area (Å²) in [5.41, 5.74) is 3.87. The number of halogens is 1. The third-order valence-electron chi connectivity index (χ3n) is 1.66. The molecule has 2 nitrogen and oxygen atoms in total. The lowest BCUT2D eigenvalue weighted by Gasteiger charge is -2.03. The number of para-hydroxylation sites is 1. The fourth-order valence-electron chi connectivity index (χ4n) is 1.09. The summed E-state index contributed by atoms with van der Waals surface area (Å²) in [5.74, 6) is -0.281. The zero-order valence-electron chi connectivity index (χ0n) is 6.29. The summed E-state index contributed by atoms with van der Waals surface area (Å²) in [4.78, 5) is 0. The van der Waals surface area contributed by atoms with Crippen LogP contribution in [0.2, 0.25) is 0 Å². The van der Waals surface area contributed by atoms with Crippen molar-refractivity contribution in [1.82, 2.24) is 0 Å². The van der Waals surface area contributed by atoms with Gasteiger partial charge >= 0.3 is 0 Å². The van der Waals surface area contributed by atoms with E-state index >= 15 is 0 Å². The highest BCUT2D eigenvalue weighted by molar-refractivity contribution is 5.84. The Kier molecular flexibility index (Phi) is 1.63. The maximum atomic E-state index is 13.1. The first-order chi connectivity index (χ1) is 5.88. The normalized spacial score (nSPS) is 13.4. The Morgan fingerprint density at radius 3 is 3.17 bits per heavy atom. The molecule has 0 saturated heterocycles. The van der Waals surface area contributed by atoms with Crippen LogP contribution in [0.3, 0.4) is 0 Å². The van der Waals surface area contributed by atoms with Crippen LogP contribution >= 0.6 is 0 Å². The average Bonchev–Trinajstić information content (AvgIpc) is 2.30. The highest BCUT2D eigenvalue weighted by Crippen LogP contribution is 2.21. The van der Waals surface area contributed by atoms with Crippen LogP contribution in [-0.4, -0.2) is 6.21 Å². The van der Waals surface area contributed by atoms with Gasteiger partial charge in [-0.2, -0.15) is 5.10 Å². The van der Waals surface area contributed by atoms with Gasteiger partial charge in [-0.1, -0.05) is 18.2 Å². The molecule has 1 aliphatic rings. The molecule has 0 aliphatic carbocycles. The van der Waals surface area contributed by atoms with E-state index in [0.29, 0.717) is 5.69 Å². The van der Waals surface area contributed by atoms with E-state index in [9.17, 15) is 4.39 Å². The van der Waals surface area contributed by atoms with Gasteiger partial charge < -0.3 is 0 Å². The van der Waals surface area contributed by atoms with Crippen LogP contribution in [0.1, 0.15) is 5.56 Å². The topological polar surface area (TPSA) is 24.4 Å². The molecule has 0 bridgehead atoms. The van der Waals surface area contributed by atoms with Crippen molar-refractivity contribution >= 4 is 18.0 Å². The van der Waals surface area contributed by atoms with E-state index in [2.05, 4.69) is 10.5 Å². The zero-order chi connectivity index (χ0) is 8.39. The van der Waals surface area contributed by atoms with Crippen LogP contribution in [-0.2, 0) is 0 Å². The number of nitrogens with one attached hydrogen (secondary N) is 1. The fraction of sp³-hybridized carbons (Fsp3) is 0. The van der Waals surface area contributed by atoms with Gasteiger partial charge in [0.15, 0.2) is 0 Å². The summed E-state index contributed by atoms with van der Waals surface area (Å²) in [7, 11) is 0. The van der Waals surface area contributed by atoms with Gasteiger partial charge in [-0.3, -0.25) is 5.43 Å². The Bertz CT molecular complexity index is 356. The van der Waals surface area contributed by atoms with Crippen molar-refractivity contribution in [2.24, 2.45) is 5.10 Å². The Morgan fingerprint density at radius 2 is 2.25 bits per heavy atom. The first-order valence-corrected chi connectivity index (χ1v) is 3.62. The Balaban J connectivity index is 2.59. The monoisotopic (exact) mass is 162 g/mol. The summed E-state index contributed by atoms with van der Waals surface area (Å²) < 4.78 is 13.1. The van der Waals surface area contributed by atoms with E-state index in [0.717, 1.165) is 5.56 Å². The molecule has 12 heavy (non-hydrogen) atoms. The number of rotatable bonds is 0. The van der Waals surface area contributed by atoms with Crippen molar-refractivity contribution < 1.29 is 4.39 Å². The molecule has 0 spiro atoms. The standard InChI is InChI=1S/C9H7FN2/c10-8-5-1-3-7-4-2-6-11-12-9(7)8/h1-6,12H. The van der Waals surface area contributed by atoms with Crippen molar-refractivity contribution in [3.63, 3.8) is 0 Å². The molecule has 0 atom stereocenters. The van der Waals surface area contributed by atoms with Gasteiger partial charge in [-0.05, 0) is 12.1 Å². The van der Waals surface area contributed by atoms with E-state index in [-0.39, 0.29) is 5.82 Å². The predicted molar refractivity (Wildman–Crippen MR) is 47.5 cm³/mol. The average molecular weight is 162 g/mol. The lowest BCUT2D eigenvalue weighted by atomic mass is 10.1. The van der Waals surface area contributed by atoms with E-state index in [1.807, 2.05) is 12.1 Å². The number of benzene rings is 1. The predicted octanol–water partition coefficient (Wildman–Crippen LogP) is 2.25. The molecule has 1 aromatic rings. The molecule has 1 heterocycles. The molecule has 1 aliphatic heterocycles. The molecular formula is C9H7FN2. The van der Waals surface area contributed by atoms with Crippen molar-refractivity contribution in [3.8, 4) is 0 Å². The highest BCUT2D eigenvalue weighted by Gasteiger charge is 2.05. The molecule has 0 saturated carbocycles. The highest BCUT2D eigenvalue weighted by atomic mass is 19.1. The SMILES string of the molecule is Fc1cccc2c1NN=CC=C2. The molecule has 0 fully saturated rings. The summed E-state index contributed by atoms with van der Waals surface area (Å²) >= 11 is 0. The van der Waals surface area contributed by atoms with Crippen molar-refractivity contribution in [1.29, 1.82) is 0 Å². The van der Waals surface area contributed by atoms with E-state index in [4.69, 9.17) is 0 Å². The number of nitrogens with zero attached hydrogens (tertiary/aromatic N) is 1. The first kappa shape index (κ1) is 7.03. The molecule has 0 aromatic heterocycles. The van der Waals surface area contributed by atoms with Crippen LogP contribution < -0.4 is 5.43 Å². The minimum atomic E-state index is -0.281. The smallest absolute Gasteiger partial charge is 0.148 e. The van der Waals surface area contributed by atoms with Gasteiger partial charge in [0, 0.05) is 11.8 Å². The van der Waals surface area contributed by atoms with Gasteiger partial charge in [-0.25, -0.2) is 4.39 Å². The van der Waals surface area contributed by atoms with Crippen LogP contribution in [0.25, 0.3) is 6.08 Å². The summed E-state index contributed by atoms with van der Waals surface area (Å²) in [6.07, 6.45) is 5.15. The summed E-state index contributed by atoms with van der Waals surface area (Å²) in [5, 5.41) is 3.77. The summed E-state index contributed by atoms with van der Waals surface area (Å²) in [6, 6.07) is 4.91. The van der Waals surface area contributed by atoms with Crippen molar-refractivity contribution in [2.75, 3.05) is 5.43 Å². The summed E-state index contributed by atoms with van der Waals surface area (Å²) in [6.45, 7) is 0. The number of hydrogen-bond donors (Lipinski definition) is 1. The number of hydrazone groups is 1. The number of hydrogen-bond acceptors (Lipinski definition) is 2. The quantitative estimate of drug-likeness (QED) is 0.621. The van der Waals surface area contributed by atoms with E-state index in [1.54, 1.807) is 18.4 Å². The molecule has 2 rings (SSSR count). The maximum Gasteiger partial charge on any atom is 0.148 e. The van der Waals surface area contributed by atoms with Crippen LogP contribution in [0.4, 0.5) is 10.1 Å². The largest absolute Gasteiger partial charge is 0.275 e. The third-order valence-corrected chi connectivity index (χ3v) is 1.66. The van der Waals surface area contributed by atoms with Gasteiger partial charge in [-0.15, -0.1) is 0 Å². The molecule has 0 unspecified atom stereocenters. The van der Waals surface area contributed by atoms with Crippen LogP contribution in [0.15, 0.2) is 29.4 Å². The van der Waals surface area contributed by atoms with Gasteiger partial charge in [0.25, 0.3) is 0 Å².